The van der Waals surface area contributed by atoms with Crippen molar-refractivity contribution in [2.24, 2.45) is 0 Å². The monoisotopic (exact) mass is 435 g/mol. The highest BCUT2D eigenvalue weighted by Gasteiger charge is 2.45. The van der Waals surface area contributed by atoms with Crippen molar-refractivity contribution in [1.29, 1.82) is 0 Å². The van der Waals surface area contributed by atoms with Crippen molar-refractivity contribution in [1.82, 2.24) is 24.7 Å². The lowest BCUT2D eigenvalue weighted by Crippen LogP contribution is -2.30. The third-order valence-electron chi connectivity index (χ3n) is 6.23. The molecular weight excluding hydrogens is 406 g/mol. The summed E-state index contributed by atoms with van der Waals surface area (Å²) in [6.45, 7) is 6.92. The van der Waals surface area contributed by atoms with Crippen molar-refractivity contribution in [3.8, 4) is 0 Å². The van der Waals surface area contributed by atoms with E-state index < -0.39 is 21.2 Å². The Morgan fingerprint density at radius 3 is 2.63 bits per heavy atom. The summed E-state index contributed by atoms with van der Waals surface area (Å²) in [6, 6.07) is 0. The largest absolute Gasteiger partial charge is 0.381 e. The molecule has 1 saturated heterocycles. The van der Waals surface area contributed by atoms with E-state index in [4.69, 9.17) is 9.47 Å². The van der Waals surface area contributed by atoms with Gasteiger partial charge in [-0.05, 0) is 40.0 Å². The maximum Gasteiger partial charge on any atom is 0.163 e. The van der Waals surface area contributed by atoms with Gasteiger partial charge in [0.2, 0.25) is 0 Å². The molecule has 4 rings (SSSR count). The molecule has 0 aromatic carbocycles. The maximum absolute atomic E-state index is 13.3. The number of methoxy groups -OCH3 is 1. The van der Waals surface area contributed by atoms with Gasteiger partial charge < -0.3 is 14.0 Å². The molecule has 0 spiro atoms. The summed E-state index contributed by atoms with van der Waals surface area (Å²) < 4.78 is 39.8. The summed E-state index contributed by atoms with van der Waals surface area (Å²) in [4.78, 5) is 8.54. The van der Waals surface area contributed by atoms with Gasteiger partial charge in [-0.2, -0.15) is 0 Å². The zero-order valence-electron chi connectivity index (χ0n) is 17.9. The van der Waals surface area contributed by atoms with Gasteiger partial charge in [0.25, 0.3) is 0 Å². The number of nitrogens with zero attached hydrogens (tertiary/aromatic N) is 5. The Balaban J connectivity index is 1.62. The molecule has 10 heteroatoms. The van der Waals surface area contributed by atoms with E-state index in [1.165, 1.54) is 7.11 Å². The molecule has 30 heavy (non-hydrogen) atoms. The minimum atomic E-state index is -3.60. The molecule has 2 aromatic rings. The zero-order valence-corrected chi connectivity index (χ0v) is 18.7. The lowest BCUT2D eigenvalue weighted by molar-refractivity contribution is 0.0983. The zero-order chi connectivity index (χ0) is 21.5. The van der Waals surface area contributed by atoms with E-state index in [-0.39, 0.29) is 17.2 Å². The average Bonchev–Trinajstić information content (AvgIpc) is 3.12. The van der Waals surface area contributed by atoms with Crippen LogP contribution in [0.15, 0.2) is 12.4 Å². The highest BCUT2D eigenvalue weighted by atomic mass is 32.2. The second kappa shape index (κ2) is 7.97. The second-order valence-electron chi connectivity index (χ2n) is 8.62. The lowest BCUT2D eigenvalue weighted by atomic mass is 10.1. The highest BCUT2D eigenvalue weighted by Crippen LogP contribution is 2.46. The molecule has 2 fully saturated rings. The van der Waals surface area contributed by atoms with Crippen LogP contribution >= 0.6 is 0 Å². The van der Waals surface area contributed by atoms with Crippen LogP contribution in [0.1, 0.15) is 68.2 Å². The molecule has 2 aliphatic rings. The van der Waals surface area contributed by atoms with Crippen LogP contribution in [0.2, 0.25) is 0 Å². The van der Waals surface area contributed by atoms with E-state index >= 15 is 0 Å². The quantitative estimate of drug-likeness (QED) is 0.620. The highest BCUT2D eigenvalue weighted by molar-refractivity contribution is 7.91. The van der Waals surface area contributed by atoms with Crippen LogP contribution in [0.5, 0.6) is 0 Å². The van der Waals surface area contributed by atoms with Crippen LogP contribution in [-0.4, -0.2) is 58.7 Å². The Bertz CT molecular complexity index is 995. The van der Waals surface area contributed by atoms with Gasteiger partial charge in [-0.1, -0.05) is 0 Å². The second-order valence-corrected chi connectivity index (χ2v) is 11.0. The molecule has 3 heterocycles. The molecule has 164 valence electrons. The van der Waals surface area contributed by atoms with Crippen LogP contribution < -0.4 is 0 Å². The van der Waals surface area contributed by atoms with E-state index in [2.05, 4.69) is 31.7 Å². The summed E-state index contributed by atoms with van der Waals surface area (Å²) in [5.41, 5.74) is 1.15. The number of aromatic nitrogens is 5. The van der Waals surface area contributed by atoms with Crippen LogP contribution in [0.4, 0.5) is 0 Å². The van der Waals surface area contributed by atoms with Crippen LogP contribution in [0.25, 0.3) is 0 Å². The number of ether oxygens (including phenoxy) is 2. The molecule has 9 nitrogen and oxygen atoms in total. The summed E-state index contributed by atoms with van der Waals surface area (Å²) in [5, 5.41) is 7.90. The fourth-order valence-corrected chi connectivity index (χ4v) is 5.46. The first-order chi connectivity index (χ1) is 14.2. The van der Waals surface area contributed by atoms with Crippen LogP contribution in [0, 0.1) is 6.92 Å². The fraction of sp³-hybridized carbons (Fsp3) is 0.700. The number of hydrogen-bond donors (Lipinski definition) is 0. The van der Waals surface area contributed by atoms with Crippen LogP contribution in [0.3, 0.4) is 0 Å². The summed E-state index contributed by atoms with van der Waals surface area (Å²) in [6.07, 6.45) is 5.35. The first-order valence-corrected chi connectivity index (χ1v) is 12.0. The minimum Gasteiger partial charge on any atom is -0.381 e. The van der Waals surface area contributed by atoms with Crippen molar-refractivity contribution in [2.45, 2.75) is 68.6 Å². The van der Waals surface area contributed by atoms with E-state index in [1.54, 1.807) is 19.3 Å². The molecule has 1 aliphatic carbocycles. The molecule has 1 aliphatic heterocycles. The van der Waals surface area contributed by atoms with E-state index in [9.17, 15) is 8.42 Å². The van der Waals surface area contributed by atoms with Gasteiger partial charge in [0.1, 0.15) is 23.5 Å². The Labute approximate surface area is 177 Å². The molecule has 2 aromatic heterocycles. The molecule has 1 saturated carbocycles. The Kier molecular flexibility index (Phi) is 5.67. The fourth-order valence-electron chi connectivity index (χ4n) is 4.02. The summed E-state index contributed by atoms with van der Waals surface area (Å²) >= 11 is 0. The maximum atomic E-state index is 13.3. The van der Waals surface area contributed by atoms with Crippen LogP contribution in [-0.2, 0) is 30.6 Å². The predicted octanol–water partition coefficient (Wildman–Crippen LogP) is 2.08. The third-order valence-corrected chi connectivity index (χ3v) is 8.27. The summed E-state index contributed by atoms with van der Waals surface area (Å²) in [7, 11) is -2.11. The van der Waals surface area contributed by atoms with Crippen molar-refractivity contribution >= 4 is 9.84 Å². The molecule has 3 atom stereocenters. The Hall–Kier alpha value is -1.91. The topological polar surface area (TPSA) is 109 Å². The SMILES string of the molecule is CO[C@H](c1cnc(C)cn1)[C@H](C)S(=O)(=O)Cc1nnc([C@@H]2CCOC2)n1C1(C)CC1. The van der Waals surface area contributed by atoms with Crippen molar-refractivity contribution in [3.05, 3.63) is 35.4 Å². The Morgan fingerprint density at radius 1 is 1.30 bits per heavy atom. The van der Waals surface area contributed by atoms with Gasteiger partial charge in [0.05, 0.1) is 29.4 Å². The van der Waals surface area contributed by atoms with Gasteiger partial charge in [0, 0.05) is 31.4 Å². The van der Waals surface area contributed by atoms with Crippen molar-refractivity contribution in [2.75, 3.05) is 20.3 Å². The van der Waals surface area contributed by atoms with Gasteiger partial charge in [-0.15, -0.1) is 10.2 Å². The van der Waals surface area contributed by atoms with Gasteiger partial charge in [-0.3, -0.25) is 9.97 Å². The Morgan fingerprint density at radius 2 is 2.07 bits per heavy atom. The van der Waals surface area contributed by atoms with E-state index in [0.717, 1.165) is 30.8 Å². The van der Waals surface area contributed by atoms with E-state index in [1.807, 2.05) is 6.92 Å². The molecule has 0 amide bonds. The number of hydrogen-bond acceptors (Lipinski definition) is 8. The normalized spacial score (nSPS) is 22.7. The van der Waals surface area contributed by atoms with Crippen molar-refractivity contribution < 1.29 is 17.9 Å². The van der Waals surface area contributed by atoms with E-state index in [0.29, 0.717) is 24.7 Å². The first-order valence-electron chi connectivity index (χ1n) is 10.3. The average molecular weight is 436 g/mol. The van der Waals surface area contributed by atoms with Gasteiger partial charge in [0.15, 0.2) is 9.84 Å². The third kappa shape index (κ3) is 4.00. The molecule has 0 radical (unpaired) electrons. The predicted molar refractivity (Wildman–Crippen MR) is 110 cm³/mol. The standard InChI is InChI=1S/C20H29N5O4S/c1-13-9-22-16(10-21-13)18(28-4)14(2)30(26,27)12-17-23-24-19(15-5-8-29-11-15)25(17)20(3)6-7-20/h9-10,14-15,18H,5-8,11-12H2,1-4H3/t14-,15+,18-/m0/s1. The van der Waals surface area contributed by atoms with Crippen molar-refractivity contribution in [3.63, 3.8) is 0 Å². The molecular formula is C20H29N5O4S. The molecule has 0 bridgehead atoms. The van der Waals surface area contributed by atoms with Gasteiger partial charge in [-0.25, -0.2) is 8.42 Å². The molecule has 0 N–H and O–H groups in total. The summed E-state index contributed by atoms with van der Waals surface area (Å²) in [5.74, 6) is 1.31. The minimum absolute atomic E-state index is 0.112. The lowest BCUT2D eigenvalue weighted by Gasteiger charge is -2.23. The first kappa shape index (κ1) is 21.3. The number of rotatable bonds is 8. The smallest absolute Gasteiger partial charge is 0.163 e. The number of sulfone groups is 1. The number of aryl methyl sites for hydroxylation is 1. The molecule has 0 unspecified atom stereocenters. The van der Waals surface area contributed by atoms with Gasteiger partial charge >= 0.3 is 0 Å².